The molecule has 0 aliphatic heterocycles. The zero-order chi connectivity index (χ0) is 13.7. The smallest absolute Gasteiger partial charge is 0.318 e. The number of aryl methyl sites for hydroxylation is 1. The van der Waals surface area contributed by atoms with Crippen LogP contribution >= 0.6 is 0 Å². The Balaban J connectivity index is 2.58. The van der Waals surface area contributed by atoms with Gasteiger partial charge in [-0.1, -0.05) is 29.8 Å². The van der Waals surface area contributed by atoms with Crippen molar-refractivity contribution in [2.24, 2.45) is 5.73 Å². The Morgan fingerprint density at radius 2 is 1.72 bits per heavy atom. The average molecular weight is 249 g/mol. The van der Waals surface area contributed by atoms with E-state index in [1.54, 1.807) is 6.92 Å². The van der Waals surface area contributed by atoms with Crippen molar-refractivity contribution in [2.75, 3.05) is 0 Å². The van der Waals surface area contributed by atoms with Crippen molar-refractivity contribution in [3.63, 3.8) is 0 Å². The van der Waals surface area contributed by atoms with Crippen LogP contribution in [0.2, 0.25) is 0 Å². The van der Waals surface area contributed by atoms with E-state index >= 15 is 0 Å². The van der Waals surface area contributed by atoms with Gasteiger partial charge in [-0.05, 0) is 26.3 Å². The minimum atomic E-state index is -0.836. The molecule has 98 valence electrons. The van der Waals surface area contributed by atoms with Gasteiger partial charge in [0.1, 0.15) is 0 Å². The normalized spacial score (nSPS) is 13.7. The maximum absolute atomic E-state index is 11.5. The highest BCUT2D eigenvalue weighted by Crippen LogP contribution is 2.13. The number of hydrogen-bond donors (Lipinski definition) is 3. The fraction of sp³-hybridized carbons (Fsp3) is 0.385. The molecule has 1 aromatic rings. The van der Waals surface area contributed by atoms with Crippen molar-refractivity contribution >= 4 is 11.9 Å². The molecular formula is C13H19N3O2. The second kappa shape index (κ2) is 6.16. The van der Waals surface area contributed by atoms with E-state index in [0.29, 0.717) is 0 Å². The SMILES string of the molecule is Cc1ccc([C@@H](C)NC(C)C(=O)NC(N)=O)cc1. The lowest BCUT2D eigenvalue weighted by Crippen LogP contribution is -2.47. The Morgan fingerprint density at radius 3 is 2.22 bits per heavy atom. The summed E-state index contributed by atoms with van der Waals surface area (Å²) in [6.07, 6.45) is 0. The number of nitrogens with one attached hydrogen (secondary N) is 2. The van der Waals surface area contributed by atoms with Crippen LogP contribution in [0.4, 0.5) is 4.79 Å². The molecule has 0 aromatic heterocycles. The molecule has 0 radical (unpaired) electrons. The van der Waals surface area contributed by atoms with Crippen molar-refractivity contribution in [3.05, 3.63) is 35.4 Å². The van der Waals surface area contributed by atoms with E-state index in [1.807, 2.05) is 43.4 Å². The van der Waals surface area contributed by atoms with Gasteiger partial charge in [-0.15, -0.1) is 0 Å². The van der Waals surface area contributed by atoms with Crippen LogP contribution < -0.4 is 16.4 Å². The maximum atomic E-state index is 11.5. The van der Waals surface area contributed by atoms with E-state index in [0.717, 1.165) is 5.56 Å². The van der Waals surface area contributed by atoms with E-state index < -0.39 is 18.0 Å². The van der Waals surface area contributed by atoms with Crippen LogP contribution in [0.1, 0.15) is 31.0 Å². The van der Waals surface area contributed by atoms with Crippen LogP contribution in [-0.4, -0.2) is 18.0 Å². The highest BCUT2D eigenvalue weighted by Gasteiger charge is 2.17. The molecule has 0 aliphatic carbocycles. The number of hydrogen-bond acceptors (Lipinski definition) is 3. The molecule has 1 aromatic carbocycles. The molecule has 0 spiro atoms. The summed E-state index contributed by atoms with van der Waals surface area (Å²) in [4.78, 5) is 22.1. The first kappa shape index (κ1) is 14.2. The van der Waals surface area contributed by atoms with Crippen molar-refractivity contribution in [1.29, 1.82) is 0 Å². The molecule has 1 rings (SSSR count). The monoisotopic (exact) mass is 249 g/mol. The summed E-state index contributed by atoms with van der Waals surface area (Å²) < 4.78 is 0. The van der Waals surface area contributed by atoms with Gasteiger partial charge in [0.2, 0.25) is 5.91 Å². The van der Waals surface area contributed by atoms with Gasteiger partial charge in [-0.3, -0.25) is 15.4 Å². The summed E-state index contributed by atoms with van der Waals surface area (Å²) in [7, 11) is 0. The zero-order valence-electron chi connectivity index (χ0n) is 10.9. The topological polar surface area (TPSA) is 84.2 Å². The molecule has 0 aliphatic rings. The van der Waals surface area contributed by atoms with E-state index in [1.165, 1.54) is 5.56 Å². The first-order chi connectivity index (χ1) is 8.40. The van der Waals surface area contributed by atoms with Gasteiger partial charge in [0, 0.05) is 6.04 Å². The predicted molar refractivity (Wildman–Crippen MR) is 69.9 cm³/mol. The van der Waals surface area contributed by atoms with Gasteiger partial charge in [-0.25, -0.2) is 4.79 Å². The number of carbonyl (C=O) groups excluding carboxylic acids is 2. The molecule has 1 unspecified atom stereocenters. The van der Waals surface area contributed by atoms with Gasteiger partial charge in [-0.2, -0.15) is 0 Å². The largest absolute Gasteiger partial charge is 0.351 e. The molecule has 0 heterocycles. The lowest BCUT2D eigenvalue weighted by molar-refractivity contribution is -0.121. The van der Waals surface area contributed by atoms with Crippen LogP contribution in [-0.2, 0) is 4.79 Å². The van der Waals surface area contributed by atoms with E-state index in [9.17, 15) is 9.59 Å². The third-order valence-corrected chi connectivity index (χ3v) is 2.72. The summed E-state index contributed by atoms with van der Waals surface area (Å²) in [6.45, 7) is 5.66. The third kappa shape index (κ3) is 4.18. The fourth-order valence-corrected chi connectivity index (χ4v) is 1.63. The van der Waals surface area contributed by atoms with Crippen LogP contribution in [0.15, 0.2) is 24.3 Å². The van der Waals surface area contributed by atoms with Gasteiger partial charge in [0.15, 0.2) is 0 Å². The lowest BCUT2D eigenvalue weighted by atomic mass is 10.1. The summed E-state index contributed by atoms with van der Waals surface area (Å²) in [6, 6.07) is 6.73. The van der Waals surface area contributed by atoms with Crippen molar-refractivity contribution < 1.29 is 9.59 Å². The molecule has 0 fully saturated rings. The van der Waals surface area contributed by atoms with Crippen molar-refractivity contribution in [2.45, 2.75) is 32.9 Å². The van der Waals surface area contributed by atoms with Gasteiger partial charge < -0.3 is 5.73 Å². The van der Waals surface area contributed by atoms with E-state index in [-0.39, 0.29) is 6.04 Å². The zero-order valence-corrected chi connectivity index (χ0v) is 10.9. The first-order valence-corrected chi connectivity index (χ1v) is 5.83. The summed E-state index contributed by atoms with van der Waals surface area (Å²) >= 11 is 0. The second-order valence-corrected chi connectivity index (χ2v) is 4.37. The van der Waals surface area contributed by atoms with Crippen molar-refractivity contribution in [1.82, 2.24) is 10.6 Å². The highest BCUT2D eigenvalue weighted by molar-refractivity contribution is 5.96. The minimum absolute atomic E-state index is 0.0132. The number of benzene rings is 1. The number of imide groups is 1. The molecule has 4 N–H and O–H groups in total. The van der Waals surface area contributed by atoms with Gasteiger partial charge >= 0.3 is 6.03 Å². The molecule has 5 heteroatoms. The summed E-state index contributed by atoms with van der Waals surface area (Å²) in [5.74, 6) is -0.429. The summed E-state index contributed by atoms with van der Waals surface area (Å²) in [5, 5.41) is 5.15. The molecule has 0 saturated heterocycles. The Bertz CT molecular complexity index is 428. The number of carbonyl (C=O) groups is 2. The van der Waals surface area contributed by atoms with Crippen LogP contribution in [0.5, 0.6) is 0 Å². The number of urea groups is 1. The third-order valence-electron chi connectivity index (χ3n) is 2.72. The predicted octanol–water partition coefficient (Wildman–Crippen LogP) is 1.23. The number of amides is 3. The number of nitrogens with two attached hydrogens (primary N) is 1. The van der Waals surface area contributed by atoms with E-state index in [2.05, 4.69) is 5.32 Å². The Labute approximate surface area is 107 Å². The Morgan fingerprint density at radius 1 is 1.17 bits per heavy atom. The van der Waals surface area contributed by atoms with Crippen LogP contribution in [0.25, 0.3) is 0 Å². The maximum Gasteiger partial charge on any atom is 0.318 e. The van der Waals surface area contributed by atoms with Gasteiger partial charge in [0.05, 0.1) is 6.04 Å². The number of rotatable bonds is 4. The average Bonchev–Trinajstić information content (AvgIpc) is 2.28. The molecular weight excluding hydrogens is 230 g/mol. The fourth-order valence-electron chi connectivity index (χ4n) is 1.63. The summed E-state index contributed by atoms with van der Waals surface area (Å²) in [5.41, 5.74) is 7.16. The second-order valence-electron chi connectivity index (χ2n) is 4.37. The molecule has 0 saturated carbocycles. The van der Waals surface area contributed by atoms with E-state index in [4.69, 9.17) is 5.73 Å². The van der Waals surface area contributed by atoms with Crippen LogP contribution in [0, 0.1) is 6.92 Å². The quantitative estimate of drug-likeness (QED) is 0.750. The lowest BCUT2D eigenvalue weighted by Gasteiger charge is -2.19. The molecule has 3 amide bonds. The Hall–Kier alpha value is -1.88. The standard InChI is InChI=1S/C13H19N3O2/c1-8-4-6-11(7-5-8)9(2)15-10(3)12(17)16-13(14)18/h4-7,9-10,15H,1-3H3,(H3,14,16,17,18)/t9-,10?/m1/s1. The molecule has 18 heavy (non-hydrogen) atoms. The Kier molecular flexibility index (Phi) is 4.85. The minimum Gasteiger partial charge on any atom is -0.351 e. The molecule has 5 nitrogen and oxygen atoms in total. The van der Waals surface area contributed by atoms with Crippen LogP contribution in [0.3, 0.4) is 0 Å². The molecule has 2 atom stereocenters. The number of primary amides is 1. The highest BCUT2D eigenvalue weighted by atomic mass is 16.2. The first-order valence-electron chi connectivity index (χ1n) is 5.83. The molecule has 0 bridgehead atoms. The van der Waals surface area contributed by atoms with Crippen molar-refractivity contribution in [3.8, 4) is 0 Å². The van der Waals surface area contributed by atoms with Gasteiger partial charge in [0.25, 0.3) is 0 Å².